The van der Waals surface area contributed by atoms with Crippen LogP contribution in [0.5, 0.6) is 0 Å². The number of anilines is 1. The Balaban J connectivity index is 0.00000484. The summed E-state index contributed by atoms with van der Waals surface area (Å²) in [4.78, 5) is 0. The first kappa shape index (κ1) is 22.3. The molecule has 4 nitrogen and oxygen atoms in total. The molecule has 0 aliphatic carbocycles. The maximum Gasteiger partial charge on any atom is 0.418 e. The van der Waals surface area contributed by atoms with E-state index < -0.39 is 23.5 Å². The van der Waals surface area contributed by atoms with E-state index in [-0.39, 0.29) is 35.6 Å². The van der Waals surface area contributed by atoms with E-state index >= 15 is 0 Å². The standard InChI is InChI=1S/C14H20ClF3N2O2.ClH/c1-3-22-7-8(2)20-12(6-21)9-4-10(14(16,17)18)13(19)11(15)5-9;/h4-5,8,12,20-21H,3,6-7,19H2,1-2H3;1H. The van der Waals surface area contributed by atoms with Crippen molar-refractivity contribution >= 4 is 29.7 Å². The van der Waals surface area contributed by atoms with Crippen molar-refractivity contribution in [2.45, 2.75) is 32.1 Å². The number of benzene rings is 1. The number of aliphatic hydroxyl groups excluding tert-OH is 1. The van der Waals surface area contributed by atoms with Gasteiger partial charge in [0.1, 0.15) is 0 Å². The molecule has 2 unspecified atom stereocenters. The van der Waals surface area contributed by atoms with E-state index in [1.54, 1.807) is 0 Å². The first-order valence-corrected chi connectivity index (χ1v) is 7.19. The molecule has 1 aromatic rings. The highest BCUT2D eigenvalue weighted by Crippen LogP contribution is 2.38. The molecule has 9 heteroatoms. The van der Waals surface area contributed by atoms with Crippen LogP contribution < -0.4 is 11.1 Å². The Morgan fingerprint density at radius 1 is 1.39 bits per heavy atom. The zero-order valence-electron chi connectivity index (χ0n) is 12.8. The minimum atomic E-state index is -4.61. The first-order valence-electron chi connectivity index (χ1n) is 6.81. The molecule has 0 bridgehead atoms. The summed E-state index contributed by atoms with van der Waals surface area (Å²) in [5.41, 5.74) is 4.09. The molecule has 1 aromatic carbocycles. The fourth-order valence-corrected chi connectivity index (χ4v) is 2.24. The average Bonchev–Trinajstić information content (AvgIpc) is 2.44. The molecule has 2 atom stereocenters. The second kappa shape index (κ2) is 9.54. The molecule has 0 amide bonds. The molecule has 4 N–H and O–H groups in total. The van der Waals surface area contributed by atoms with Gasteiger partial charge in [-0.1, -0.05) is 11.6 Å². The number of alkyl halides is 3. The SMILES string of the molecule is CCOCC(C)NC(CO)c1cc(Cl)c(N)c(C(F)(F)F)c1.Cl. The average molecular weight is 377 g/mol. The lowest BCUT2D eigenvalue weighted by molar-refractivity contribution is -0.137. The molecule has 1 rings (SSSR count). The maximum atomic E-state index is 13.0. The van der Waals surface area contributed by atoms with Gasteiger partial charge in [0.2, 0.25) is 0 Å². The van der Waals surface area contributed by atoms with Crippen LogP contribution in [-0.2, 0) is 10.9 Å². The Hall–Kier alpha value is -0.730. The molecular formula is C14H21Cl2F3N2O2. The van der Waals surface area contributed by atoms with E-state index in [1.807, 2.05) is 13.8 Å². The van der Waals surface area contributed by atoms with Gasteiger partial charge in [0, 0.05) is 12.6 Å². The van der Waals surface area contributed by atoms with Crippen molar-refractivity contribution in [1.29, 1.82) is 0 Å². The first-order chi connectivity index (χ1) is 10.2. The molecule has 23 heavy (non-hydrogen) atoms. The molecule has 0 fully saturated rings. The summed E-state index contributed by atoms with van der Waals surface area (Å²) in [6.45, 7) is 4.17. The smallest absolute Gasteiger partial charge is 0.397 e. The van der Waals surface area contributed by atoms with Gasteiger partial charge in [0.25, 0.3) is 0 Å². The van der Waals surface area contributed by atoms with Crippen LogP contribution in [0, 0.1) is 0 Å². The summed E-state index contributed by atoms with van der Waals surface area (Å²) in [5, 5.41) is 12.3. The zero-order chi connectivity index (χ0) is 16.9. The number of nitrogens with one attached hydrogen (secondary N) is 1. The lowest BCUT2D eigenvalue weighted by Crippen LogP contribution is -2.36. The van der Waals surface area contributed by atoms with Crippen LogP contribution >= 0.6 is 24.0 Å². The Morgan fingerprint density at radius 3 is 2.48 bits per heavy atom. The van der Waals surface area contributed by atoms with Crippen molar-refractivity contribution < 1.29 is 23.0 Å². The maximum absolute atomic E-state index is 13.0. The molecule has 0 saturated heterocycles. The van der Waals surface area contributed by atoms with Gasteiger partial charge in [-0.15, -0.1) is 12.4 Å². The molecule has 134 valence electrons. The molecule has 0 heterocycles. The monoisotopic (exact) mass is 376 g/mol. The lowest BCUT2D eigenvalue weighted by atomic mass is 10.0. The van der Waals surface area contributed by atoms with Gasteiger partial charge in [0.05, 0.1) is 35.5 Å². The Kier molecular flexibility index (Phi) is 9.24. The highest BCUT2D eigenvalue weighted by atomic mass is 35.5. The minimum absolute atomic E-state index is 0. The van der Waals surface area contributed by atoms with Crippen molar-refractivity contribution in [3.8, 4) is 0 Å². The van der Waals surface area contributed by atoms with Crippen LogP contribution in [0.4, 0.5) is 18.9 Å². The second-order valence-electron chi connectivity index (χ2n) is 4.92. The quantitative estimate of drug-likeness (QED) is 0.637. The summed E-state index contributed by atoms with van der Waals surface area (Å²) < 4.78 is 44.1. The van der Waals surface area contributed by atoms with E-state index in [1.165, 1.54) is 6.07 Å². The summed E-state index contributed by atoms with van der Waals surface area (Å²) in [6, 6.07) is 1.38. The Morgan fingerprint density at radius 2 is 2.00 bits per heavy atom. The highest BCUT2D eigenvalue weighted by Gasteiger charge is 2.35. The number of nitrogen functional groups attached to an aromatic ring is 1. The molecule has 0 radical (unpaired) electrons. The normalized spacial score (nSPS) is 14.2. The third-order valence-corrected chi connectivity index (χ3v) is 3.41. The van der Waals surface area contributed by atoms with Crippen molar-refractivity contribution in [2.75, 3.05) is 25.6 Å². The van der Waals surface area contributed by atoms with Crippen molar-refractivity contribution in [2.24, 2.45) is 0 Å². The van der Waals surface area contributed by atoms with Crippen LogP contribution in [0.15, 0.2) is 12.1 Å². The zero-order valence-corrected chi connectivity index (χ0v) is 14.4. The van der Waals surface area contributed by atoms with E-state index in [9.17, 15) is 18.3 Å². The largest absolute Gasteiger partial charge is 0.418 e. The molecule has 0 saturated carbocycles. The molecule has 0 aliphatic rings. The van der Waals surface area contributed by atoms with Crippen molar-refractivity contribution in [1.82, 2.24) is 5.32 Å². The van der Waals surface area contributed by atoms with Crippen molar-refractivity contribution in [3.05, 3.63) is 28.3 Å². The molecule has 0 spiro atoms. The van der Waals surface area contributed by atoms with Crippen LogP contribution in [0.25, 0.3) is 0 Å². The van der Waals surface area contributed by atoms with Gasteiger partial charge >= 0.3 is 6.18 Å². The van der Waals surface area contributed by atoms with Crippen molar-refractivity contribution in [3.63, 3.8) is 0 Å². The number of aliphatic hydroxyl groups is 1. The number of halogens is 5. The van der Waals surface area contributed by atoms with Gasteiger partial charge in [0.15, 0.2) is 0 Å². The number of hydrogen-bond acceptors (Lipinski definition) is 4. The van der Waals surface area contributed by atoms with E-state index in [4.69, 9.17) is 22.1 Å². The van der Waals surface area contributed by atoms with E-state index in [0.29, 0.717) is 13.2 Å². The van der Waals surface area contributed by atoms with Crippen LogP contribution in [0.3, 0.4) is 0 Å². The third kappa shape index (κ3) is 6.35. The number of nitrogens with two attached hydrogens (primary N) is 1. The summed E-state index contributed by atoms with van der Waals surface area (Å²) in [6.07, 6.45) is -4.61. The fraction of sp³-hybridized carbons (Fsp3) is 0.571. The van der Waals surface area contributed by atoms with Gasteiger partial charge in [-0.05, 0) is 31.5 Å². The summed E-state index contributed by atoms with van der Waals surface area (Å²) in [7, 11) is 0. The van der Waals surface area contributed by atoms with Gasteiger partial charge in [-0.2, -0.15) is 13.2 Å². The number of ether oxygens (including phenoxy) is 1. The predicted molar refractivity (Wildman–Crippen MR) is 87.0 cm³/mol. The number of rotatable bonds is 7. The molecular weight excluding hydrogens is 356 g/mol. The van der Waals surface area contributed by atoms with Gasteiger partial charge in [-0.25, -0.2) is 0 Å². The van der Waals surface area contributed by atoms with Gasteiger partial charge < -0.3 is 20.9 Å². The van der Waals surface area contributed by atoms with E-state index in [2.05, 4.69) is 5.32 Å². The lowest BCUT2D eigenvalue weighted by Gasteiger charge is -2.23. The summed E-state index contributed by atoms with van der Waals surface area (Å²) >= 11 is 5.79. The number of hydrogen-bond donors (Lipinski definition) is 3. The van der Waals surface area contributed by atoms with Crippen LogP contribution in [0.1, 0.15) is 31.0 Å². The fourth-order valence-electron chi connectivity index (χ4n) is 2.02. The molecule has 0 aliphatic heterocycles. The topological polar surface area (TPSA) is 67.5 Å². The second-order valence-corrected chi connectivity index (χ2v) is 5.33. The summed E-state index contributed by atoms with van der Waals surface area (Å²) in [5.74, 6) is 0. The molecule has 0 aromatic heterocycles. The highest BCUT2D eigenvalue weighted by molar-refractivity contribution is 6.33. The van der Waals surface area contributed by atoms with Crippen LogP contribution in [0.2, 0.25) is 5.02 Å². The predicted octanol–water partition coefficient (Wildman–Crippen LogP) is 3.41. The minimum Gasteiger partial charge on any atom is -0.397 e. The third-order valence-electron chi connectivity index (χ3n) is 3.10. The van der Waals surface area contributed by atoms with Crippen LogP contribution in [-0.4, -0.2) is 31.0 Å². The Bertz CT molecular complexity index is 502. The Labute approximate surface area is 144 Å². The van der Waals surface area contributed by atoms with E-state index in [0.717, 1.165) is 6.07 Å². The van der Waals surface area contributed by atoms with Gasteiger partial charge in [-0.3, -0.25) is 0 Å².